The van der Waals surface area contributed by atoms with Gasteiger partial charge in [-0.05, 0) is 48.8 Å². The predicted octanol–water partition coefficient (Wildman–Crippen LogP) is 3.12. The Morgan fingerprint density at radius 3 is 2.48 bits per heavy atom. The Hall–Kier alpha value is -2.40. The number of rotatable bonds is 3. The third-order valence-electron chi connectivity index (χ3n) is 6.88. The molecule has 1 aromatic heterocycles. The second kappa shape index (κ2) is 8.15. The first-order valence-electron chi connectivity index (χ1n) is 10.7. The van der Waals surface area contributed by atoms with Crippen LogP contribution in [-0.4, -0.2) is 53.0 Å². The Balaban J connectivity index is 1.47. The molecule has 1 amide bonds. The van der Waals surface area contributed by atoms with E-state index < -0.39 is 0 Å². The molecule has 2 aromatic rings. The molecule has 3 heterocycles. The van der Waals surface area contributed by atoms with Gasteiger partial charge in [0.2, 0.25) is 5.56 Å². The second-order valence-electron chi connectivity index (χ2n) is 8.80. The third kappa shape index (κ3) is 4.15. The highest BCUT2D eigenvalue weighted by Crippen LogP contribution is 2.45. The molecular weight excluding hydrogens is 362 g/mol. The fraction of sp³-hybridized carbons (Fsp3) is 0.500. The summed E-state index contributed by atoms with van der Waals surface area (Å²) >= 11 is 0. The van der Waals surface area contributed by atoms with Crippen LogP contribution in [0, 0.1) is 5.41 Å². The first kappa shape index (κ1) is 19.9. The number of carbonyl (C=O) groups excluding carboxylic acids is 1. The van der Waals surface area contributed by atoms with Crippen LogP contribution in [0.1, 0.15) is 48.0 Å². The summed E-state index contributed by atoms with van der Waals surface area (Å²) in [4.78, 5) is 29.1. The van der Waals surface area contributed by atoms with Gasteiger partial charge in [-0.25, -0.2) is 0 Å². The van der Waals surface area contributed by atoms with E-state index >= 15 is 0 Å². The van der Waals surface area contributed by atoms with E-state index in [9.17, 15) is 9.59 Å². The van der Waals surface area contributed by atoms with Gasteiger partial charge in [-0.2, -0.15) is 0 Å². The topological polar surface area (TPSA) is 45.6 Å². The molecular formula is C24H31N3O2. The van der Waals surface area contributed by atoms with Crippen LogP contribution >= 0.6 is 0 Å². The van der Waals surface area contributed by atoms with E-state index in [2.05, 4.69) is 42.2 Å². The highest BCUT2D eigenvalue weighted by Gasteiger charge is 2.42. The van der Waals surface area contributed by atoms with Gasteiger partial charge in [0.05, 0.1) is 5.56 Å². The largest absolute Gasteiger partial charge is 0.339 e. The fourth-order valence-electron chi connectivity index (χ4n) is 5.14. The van der Waals surface area contributed by atoms with Crippen LogP contribution in [0.15, 0.2) is 53.5 Å². The van der Waals surface area contributed by atoms with Crippen molar-refractivity contribution in [1.29, 1.82) is 0 Å². The Labute approximate surface area is 172 Å². The minimum atomic E-state index is -0.0898. The molecule has 154 valence electrons. The summed E-state index contributed by atoms with van der Waals surface area (Å²) < 4.78 is 1.48. The van der Waals surface area contributed by atoms with Crippen LogP contribution in [0.25, 0.3) is 0 Å². The van der Waals surface area contributed by atoms with Crippen molar-refractivity contribution >= 4 is 5.91 Å². The second-order valence-corrected chi connectivity index (χ2v) is 8.80. The number of aromatic nitrogens is 1. The van der Waals surface area contributed by atoms with E-state index in [1.807, 2.05) is 4.90 Å². The minimum absolute atomic E-state index is 0.0400. The van der Waals surface area contributed by atoms with Crippen LogP contribution in [0.5, 0.6) is 0 Å². The number of benzene rings is 1. The van der Waals surface area contributed by atoms with E-state index in [4.69, 9.17) is 0 Å². The lowest BCUT2D eigenvalue weighted by atomic mass is 9.68. The Morgan fingerprint density at radius 1 is 1.10 bits per heavy atom. The van der Waals surface area contributed by atoms with Crippen molar-refractivity contribution < 1.29 is 4.79 Å². The highest BCUT2D eigenvalue weighted by atomic mass is 16.2. The monoisotopic (exact) mass is 393 g/mol. The van der Waals surface area contributed by atoms with E-state index in [1.54, 1.807) is 19.3 Å². The Morgan fingerprint density at radius 2 is 1.83 bits per heavy atom. The zero-order valence-corrected chi connectivity index (χ0v) is 17.5. The van der Waals surface area contributed by atoms with Gasteiger partial charge in [-0.15, -0.1) is 0 Å². The van der Waals surface area contributed by atoms with Gasteiger partial charge in [-0.1, -0.05) is 37.3 Å². The number of hydrogen-bond donors (Lipinski definition) is 0. The molecule has 1 unspecified atom stereocenters. The van der Waals surface area contributed by atoms with Crippen molar-refractivity contribution in [2.24, 2.45) is 12.5 Å². The van der Waals surface area contributed by atoms with Crippen LogP contribution < -0.4 is 5.56 Å². The van der Waals surface area contributed by atoms with Crippen LogP contribution in [0.4, 0.5) is 0 Å². The molecule has 5 nitrogen and oxygen atoms in total. The summed E-state index contributed by atoms with van der Waals surface area (Å²) in [7, 11) is 1.69. The zero-order valence-electron chi connectivity index (χ0n) is 17.5. The van der Waals surface area contributed by atoms with Crippen molar-refractivity contribution in [3.8, 4) is 0 Å². The van der Waals surface area contributed by atoms with Gasteiger partial charge in [0.15, 0.2) is 0 Å². The molecule has 2 aliphatic heterocycles. The number of likely N-dealkylation sites (N-methyl/N-ethyl adjacent to an activating group) is 1. The number of hydrogen-bond acceptors (Lipinski definition) is 3. The molecule has 0 N–H and O–H groups in total. The molecule has 2 fully saturated rings. The van der Waals surface area contributed by atoms with Crippen molar-refractivity contribution in [2.45, 2.75) is 32.1 Å². The minimum Gasteiger partial charge on any atom is -0.339 e. The first-order valence-corrected chi connectivity index (χ1v) is 10.7. The van der Waals surface area contributed by atoms with Crippen molar-refractivity contribution in [3.63, 3.8) is 0 Å². The number of nitrogens with zero attached hydrogens (tertiary/aromatic N) is 3. The van der Waals surface area contributed by atoms with Crippen LogP contribution in [0.3, 0.4) is 0 Å². The molecule has 0 aliphatic carbocycles. The quantitative estimate of drug-likeness (QED) is 0.805. The van der Waals surface area contributed by atoms with Gasteiger partial charge in [0, 0.05) is 45.5 Å². The molecule has 5 heteroatoms. The average molecular weight is 394 g/mol. The number of likely N-dealkylation sites (tertiary alicyclic amines) is 2. The molecule has 2 saturated heterocycles. The van der Waals surface area contributed by atoms with E-state index in [1.165, 1.54) is 22.6 Å². The number of carbonyl (C=O) groups is 1. The molecule has 0 radical (unpaired) electrons. The molecule has 1 spiro atoms. The van der Waals surface area contributed by atoms with Gasteiger partial charge in [0.1, 0.15) is 0 Å². The number of pyridine rings is 1. The molecule has 1 aromatic carbocycles. The summed E-state index contributed by atoms with van der Waals surface area (Å²) in [5.41, 5.74) is 2.24. The van der Waals surface area contributed by atoms with Gasteiger partial charge in [0.25, 0.3) is 5.91 Å². The lowest BCUT2D eigenvalue weighted by Gasteiger charge is -2.50. The van der Waals surface area contributed by atoms with Gasteiger partial charge >= 0.3 is 0 Å². The summed E-state index contributed by atoms with van der Waals surface area (Å²) in [6.45, 7) is 7.17. The molecule has 0 saturated carbocycles. The molecule has 29 heavy (non-hydrogen) atoms. The summed E-state index contributed by atoms with van der Waals surface area (Å²) in [5, 5.41) is 0. The van der Waals surface area contributed by atoms with Crippen molar-refractivity contribution in [1.82, 2.24) is 14.4 Å². The Bertz CT molecular complexity index is 913. The fourth-order valence-corrected chi connectivity index (χ4v) is 5.14. The molecule has 2 aliphatic rings. The SMILES string of the molecule is CCN1CC(c2ccccc2)CC2(CCN(C(=O)c3ccc(=O)n(C)c3)CC2)C1. The molecule has 1 atom stereocenters. The maximum atomic E-state index is 12.9. The summed E-state index contributed by atoms with van der Waals surface area (Å²) in [6.07, 6.45) is 4.95. The smallest absolute Gasteiger partial charge is 0.255 e. The maximum absolute atomic E-state index is 12.9. The van der Waals surface area contributed by atoms with E-state index in [0.717, 1.165) is 45.6 Å². The lowest BCUT2D eigenvalue weighted by molar-refractivity contribution is 0.0158. The van der Waals surface area contributed by atoms with Crippen LogP contribution in [0.2, 0.25) is 0 Å². The number of amides is 1. The summed E-state index contributed by atoms with van der Waals surface area (Å²) in [6, 6.07) is 14.0. The number of aryl methyl sites for hydroxylation is 1. The average Bonchev–Trinajstić information content (AvgIpc) is 2.76. The predicted molar refractivity (Wildman–Crippen MR) is 115 cm³/mol. The normalized spacial score (nSPS) is 22.0. The van der Waals surface area contributed by atoms with Gasteiger partial charge < -0.3 is 14.4 Å². The van der Waals surface area contributed by atoms with E-state index in [0.29, 0.717) is 11.5 Å². The van der Waals surface area contributed by atoms with Crippen molar-refractivity contribution in [3.05, 3.63) is 70.1 Å². The zero-order chi connectivity index (χ0) is 20.4. The highest BCUT2D eigenvalue weighted by molar-refractivity contribution is 5.94. The lowest BCUT2D eigenvalue weighted by Crippen LogP contribution is -2.52. The molecule has 0 bridgehead atoms. The van der Waals surface area contributed by atoms with E-state index in [-0.39, 0.29) is 16.9 Å². The maximum Gasteiger partial charge on any atom is 0.255 e. The molecule has 4 rings (SSSR count). The number of piperidine rings is 2. The van der Waals surface area contributed by atoms with Gasteiger partial charge in [-0.3, -0.25) is 9.59 Å². The first-order chi connectivity index (χ1) is 14.0. The summed E-state index contributed by atoms with van der Waals surface area (Å²) in [5.74, 6) is 0.606. The van der Waals surface area contributed by atoms with Crippen LogP contribution in [-0.2, 0) is 7.05 Å². The third-order valence-corrected chi connectivity index (χ3v) is 6.88. The van der Waals surface area contributed by atoms with Crippen molar-refractivity contribution in [2.75, 3.05) is 32.7 Å². The standard InChI is InChI=1S/C24H31N3O2/c1-3-26-17-21(19-7-5-4-6-8-19)15-24(18-26)11-13-27(14-12-24)23(29)20-9-10-22(28)25(2)16-20/h4-10,16,21H,3,11-15,17-18H2,1-2H3. The Kier molecular flexibility index (Phi) is 5.59.